The van der Waals surface area contributed by atoms with Crippen LogP contribution in [-0.2, 0) is 61.8 Å². The molecule has 10 rings (SSSR count). The molecule has 500 valence electrons. The third kappa shape index (κ3) is 11.8. The number of allylic oxidation sites excluding steroid dienone is 2. The predicted molar refractivity (Wildman–Crippen MR) is 304 cm³/mol. The van der Waals surface area contributed by atoms with Crippen LogP contribution in [0.2, 0.25) is 0 Å². The van der Waals surface area contributed by atoms with Crippen molar-refractivity contribution in [1.82, 2.24) is 0 Å². The highest BCUT2D eigenvalue weighted by Crippen LogP contribution is 2.76. The summed E-state index contributed by atoms with van der Waals surface area (Å²) < 4.78 is 61.1. The van der Waals surface area contributed by atoms with E-state index >= 15 is 0 Å². The van der Waals surface area contributed by atoms with Gasteiger partial charge in [0.05, 0.1) is 44.1 Å². The maximum atomic E-state index is 13.9. The van der Waals surface area contributed by atoms with E-state index in [4.69, 9.17) is 47.4 Å². The van der Waals surface area contributed by atoms with Crippen molar-refractivity contribution >= 4 is 24.0 Å². The Bertz CT molecular complexity index is 2750. The lowest BCUT2D eigenvalue weighted by molar-refractivity contribution is -0.399. The van der Waals surface area contributed by atoms with E-state index in [-0.39, 0.29) is 18.3 Å². The van der Waals surface area contributed by atoms with Gasteiger partial charge < -0.3 is 114 Å². The van der Waals surface area contributed by atoms with E-state index in [0.29, 0.717) is 38.5 Å². The highest BCUT2D eigenvalue weighted by molar-refractivity contribution is 5.87. The molecule has 1 aromatic rings. The molecule has 26 heteroatoms. The summed E-state index contributed by atoms with van der Waals surface area (Å²) in [5.74, 6) is -3.70. The third-order valence-corrected chi connectivity index (χ3v) is 22.7. The third-order valence-electron chi connectivity index (χ3n) is 22.7. The first-order valence-corrected chi connectivity index (χ1v) is 31.0. The summed E-state index contributed by atoms with van der Waals surface area (Å²) in [7, 11) is 0. The number of carbonyl (C=O) groups is 3. The first kappa shape index (κ1) is 68.2. The molecule has 4 aliphatic heterocycles. The second kappa shape index (κ2) is 25.6. The van der Waals surface area contributed by atoms with Crippen LogP contribution in [-0.4, -0.2) is 246 Å². The van der Waals surface area contributed by atoms with E-state index in [1.165, 1.54) is 13.0 Å². The van der Waals surface area contributed by atoms with Crippen molar-refractivity contribution in [1.29, 1.82) is 0 Å². The molecule has 5 aliphatic carbocycles. The molecule has 0 radical (unpaired) electrons. The van der Waals surface area contributed by atoms with Crippen LogP contribution < -0.4 is 0 Å². The van der Waals surface area contributed by atoms with E-state index in [0.717, 1.165) is 11.1 Å². The minimum absolute atomic E-state index is 0.0239. The summed E-state index contributed by atoms with van der Waals surface area (Å²) in [5.41, 5.74) is -2.92. The highest BCUT2D eigenvalue weighted by atomic mass is 16.8. The maximum absolute atomic E-state index is 13.9. The van der Waals surface area contributed by atoms with Gasteiger partial charge in [0.25, 0.3) is 0 Å². The number of aliphatic hydroxyl groups is 12. The molecule has 8 fully saturated rings. The van der Waals surface area contributed by atoms with Crippen molar-refractivity contribution in [2.45, 2.75) is 235 Å². The van der Waals surface area contributed by atoms with Crippen molar-refractivity contribution in [3.8, 4) is 0 Å². The Labute approximate surface area is 516 Å². The molecule has 0 spiro atoms. The minimum atomic E-state index is -2.22. The molecule has 26 nitrogen and oxygen atoms in total. The van der Waals surface area contributed by atoms with Crippen LogP contribution >= 0.6 is 0 Å². The van der Waals surface area contributed by atoms with Gasteiger partial charge in [0, 0.05) is 18.4 Å². The summed E-state index contributed by atoms with van der Waals surface area (Å²) in [6.45, 7) is 13.3. The summed E-state index contributed by atoms with van der Waals surface area (Å²) in [6, 6.07) is 9.16. The normalized spacial score (nSPS) is 48.6. The average molecular weight is 1270 g/mol. The van der Waals surface area contributed by atoms with Gasteiger partial charge in [0.2, 0.25) is 0 Å². The summed E-state index contributed by atoms with van der Waals surface area (Å²) >= 11 is 0. The van der Waals surface area contributed by atoms with Crippen LogP contribution in [0.15, 0.2) is 48.1 Å². The van der Waals surface area contributed by atoms with Gasteiger partial charge in [-0.15, -0.1) is 0 Å². The SMILES string of the molecule is CC(=O)O[C@H]1[C@H](OC(=O)/C=C/c2ccccc2)[C@]2(CO)[C@H](O)C[C@]3(C)C(=CC[C@@H]4[C@@]5(C)CC[C@H](O[C@@H]6O[C@H](C(=O)O)[C@@H](O)[C@H](O[C@@H]7OC[C@H](O)[C@H](O)[C@H]7O[C@@H]7OC[C@@H](O)[C@H](O)[C@H]7O)[C@H]6O[C@@H]6O[C@H](CO)[C@H](O)[C@H](O)[C@H]6O)C(C)(C)[C@@H]5CC[C@]43C)[C@@H]2CC1(C)C. The number of carboxylic acids is 1. The number of fused-ring (bicyclic) bond motifs is 7. The van der Waals surface area contributed by atoms with Crippen LogP contribution in [0.5, 0.6) is 0 Å². The van der Waals surface area contributed by atoms with Gasteiger partial charge in [-0.25, -0.2) is 9.59 Å². The molecule has 0 unspecified atom stereocenters. The zero-order valence-electron chi connectivity index (χ0n) is 51.5. The van der Waals surface area contributed by atoms with E-state index in [2.05, 4.69) is 26.8 Å². The molecule has 13 N–H and O–H groups in total. The Balaban J connectivity index is 0.958. The topological polar surface area (TPSA) is 407 Å². The average Bonchev–Trinajstić information content (AvgIpc) is 0.671. The fraction of sp³-hybridized carbons (Fsp3) is 0.794. The molecule has 0 amide bonds. The number of hydrogen-bond acceptors (Lipinski definition) is 25. The molecule has 1 aromatic carbocycles. The Kier molecular flexibility index (Phi) is 19.6. The zero-order chi connectivity index (χ0) is 64.8. The van der Waals surface area contributed by atoms with E-state index in [9.17, 15) is 80.8 Å². The van der Waals surface area contributed by atoms with E-state index in [1.807, 2.05) is 58.0 Å². The van der Waals surface area contributed by atoms with Gasteiger partial charge >= 0.3 is 17.9 Å². The van der Waals surface area contributed by atoms with Gasteiger partial charge in [0.15, 0.2) is 37.4 Å². The molecule has 4 heterocycles. The van der Waals surface area contributed by atoms with Crippen molar-refractivity contribution < 1.29 is 128 Å². The number of rotatable bonds is 15. The molecule has 0 bridgehead atoms. The van der Waals surface area contributed by atoms with Crippen molar-refractivity contribution in [3.05, 3.63) is 53.6 Å². The number of carbonyl (C=O) groups excluding carboxylic acids is 2. The van der Waals surface area contributed by atoms with Crippen molar-refractivity contribution in [3.63, 3.8) is 0 Å². The predicted octanol–water partition coefficient (Wildman–Crippen LogP) is -0.444. The summed E-state index contributed by atoms with van der Waals surface area (Å²) in [6.07, 6.45) is -29.6. The van der Waals surface area contributed by atoms with Gasteiger partial charge in [-0.3, -0.25) is 4.79 Å². The Morgan fingerprint density at radius 2 is 1.28 bits per heavy atom. The lowest BCUT2D eigenvalue weighted by Gasteiger charge is -2.72. The van der Waals surface area contributed by atoms with Crippen LogP contribution in [0, 0.1) is 50.2 Å². The van der Waals surface area contributed by atoms with Crippen LogP contribution in [0.25, 0.3) is 6.08 Å². The summed E-state index contributed by atoms with van der Waals surface area (Å²) in [5, 5.41) is 144. The molecule has 4 saturated heterocycles. The Hall–Kier alpha value is -3.69. The zero-order valence-corrected chi connectivity index (χ0v) is 51.5. The Morgan fingerprint density at radius 3 is 1.93 bits per heavy atom. The largest absolute Gasteiger partial charge is 0.479 e. The fourth-order valence-electron chi connectivity index (χ4n) is 17.7. The Morgan fingerprint density at radius 1 is 0.640 bits per heavy atom. The van der Waals surface area contributed by atoms with Crippen LogP contribution in [0.3, 0.4) is 0 Å². The molecular formula is C63H92O26. The molecule has 4 saturated carbocycles. The number of ether oxygens (including phenoxy) is 10. The number of benzene rings is 1. The lowest BCUT2D eigenvalue weighted by Crippen LogP contribution is -2.72. The first-order chi connectivity index (χ1) is 41.8. The lowest BCUT2D eigenvalue weighted by atomic mass is 9.33. The summed E-state index contributed by atoms with van der Waals surface area (Å²) in [4.78, 5) is 40.0. The van der Waals surface area contributed by atoms with Gasteiger partial charge in [-0.1, -0.05) is 90.4 Å². The van der Waals surface area contributed by atoms with Gasteiger partial charge in [-0.05, 0) is 96.0 Å². The first-order valence-electron chi connectivity index (χ1n) is 31.0. The molecular weight excluding hydrogens is 1170 g/mol. The smallest absolute Gasteiger partial charge is 0.335 e. The van der Waals surface area contributed by atoms with Crippen molar-refractivity contribution in [2.24, 2.45) is 50.2 Å². The highest BCUT2D eigenvalue weighted by Gasteiger charge is 2.74. The second-order valence-electron chi connectivity index (χ2n) is 28.4. The molecule has 0 aromatic heterocycles. The van der Waals surface area contributed by atoms with Crippen LogP contribution in [0.1, 0.15) is 106 Å². The van der Waals surface area contributed by atoms with E-state index < -0.39 is 218 Å². The number of esters is 2. The molecule has 9 aliphatic rings. The standard InChI is InChI=1S/C63H92O26/c1-28(66)82-51-52(85-39(70)17-14-29-12-10-9-11-13-29)63(27-65)31(22-58(51,2)3)30-15-16-36-60(6)20-19-38(59(4,5)35(60)18-21-61(36,7)62(30,8)23-37(63)69)84-57-50(89-55-45(76)43(74)42(73)34(24-64)83-55)47(46(77)48(87-57)53(78)79)86-56-49(41(72)33(68)26-81-56)88-54-44(75)40(71)32(67)25-80-54/h9-15,17,31-38,40-52,54-57,64-65,67-69,71-77H,16,18-27H2,1-8H3,(H,78,79)/b17-14+/t31-,32+,33-,34+,35-,36+,37+,38-,40-,41-,42-,43-,44+,45+,46-,47-,48-,49+,50+,51-,52-,54-,55-,56-,57+,60-,61+,62+,63-/m0/s1. The van der Waals surface area contributed by atoms with Gasteiger partial charge in [-0.2, -0.15) is 0 Å². The maximum Gasteiger partial charge on any atom is 0.335 e. The number of aliphatic carboxylic acids is 1. The van der Waals surface area contributed by atoms with Crippen molar-refractivity contribution in [2.75, 3.05) is 26.4 Å². The van der Waals surface area contributed by atoms with Gasteiger partial charge in [0.1, 0.15) is 85.5 Å². The van der Waals surface area contributed by atoms with E-state index in [1.54, 1.807) is 6.08 Å². The van der Waals surface area contributed by atoms with Crippen LogP contribution in [0.4, 0.5) is 0 Å². The number of aliphatic hydroxyl groups excluding tert-OH is 12. The fourth-order valence-corrected chi connectivity index (χ4v) is 17.7. The quantitative estimate of drug-likeness (QED) is 0.0458. The number of carboxylic acid groups (broad SMARTS) is 1. The monoisotopic (exact) mass is 1260 g/mol. The second-order valence-corrected chi connectivity index (χ2v) is 28.4. The molecule has 29 atom stereocenters. The minimum Gasteiger partial charge on any atom is -0.479 e. The molecule has 89 heavy (non-hydrogen) atoms. The number of hydrogen-bond donors (Lipinski definition) is 13.